The quantitative estimate of drug-likeness (QED) is 0.560. The Morgan fingerprint density at radius 2 is 1.82 bits per heavy atom. The van der Waals surface area contributed by atoms with Crippen molar-refractivity contribution in [2.75, 3.05) is 13.2 Å². The van der Waals surface area contributed by atoms with Gasteiger partial charge in [-0.05, 0) is 50.3 Å². The molecule has 1 aliphatic heterocycles. The second-order valence-electron chi connectivity index (χ2n) is 7.01. The van der Waals surface area contributed by atoms with Crippen molar-refractivity contribution in [3.8, 4) is 17.3 Å². The topological polar surface area (TPSA) is 123 Å². The van der Waals surface area contributed by atoms with Crippen LogP contribution in [-0.4, -0.2) is 39.6 Å². The molecule has 3 aromatic rings. The van der Waals surface area contributed by atoms with Crippen LogP contribution in [-0.2, 0) is 9.53 Å². The molecule has 0 bridgehead atoms. The minimum absolute atomic E-state index is 0.00988. The molecule has 0 saturated carbocycles. The molecule has 0 unspecified atom stereocenters. The lowest BCUT2D eigenvalue weighted by molar-refractivity contribution is -0.134. The Hall–Kier alpha value is -4.40. The van der Waals surface area contributed by atoms with Crippen molar-refractivity contribution in [1.82, 2.24) is 9.55 Å². The third kappa shape index (κ3) is 4.08. The Morgan fingerprint density at radius 3 is 2.52 bits per heavy atom. The van der Waals surface area contributed by atoms with Gasteiger partial charge >= 0.3 is 11.7 Å². The van der Waals surface area contributed by atoms with Crippen LogP contribution < -0.4 is 16.0 Å². The van der Waals surface area contributed by atoms with E-state index in [1.54, 1.807) is 55.5 Å². The van der Waals surface area contributed by atoms with E-state index < -0.39 is 23.1 Å². The zero-order chi connectivity index (χ0) is 23.5. The van der Waals surface area contributed by atoms with Gasteiger partial charge < -0.3 is 14.6 Å². The first-order chi connectivity index (χ1) is 15.9. The van der Waals surface area contributed by atoms with Crippen molar-refractivity contribution < 1.29 is 19.4 Å². The molecular formula is C24H21N3O6. The van der Waals surface area contributed by atoms with E-state index in [2.05, 4.69) is 9.98 Å². The van der Waals surface area contributed by atoms with Crippen LogP contribution in [0.4, 0.5) is 5.69 Å². The molecule has 2 heterocycles. The predicted molar refractivity (Wildman–Crippen MR) is 124 cm³/mol. The lowest BCUT2D eigenvalue weighted by Gasteiger charge is -2.12. The van der Waals surface area contributed by atoms with E-state index in [4.69, 9.17) is 9.47 Å². The average Bonchev–Trinajstić information content (AvgIpc) is 3.16. The van der Waals surface area contributed by atoms with E-state index in [0.717, 1.165) is 4.57 Å². The number of fused-ring (bicyclic) bond motifs is 1. The van der Waals surface area contributed by atoms with E-state index in [9.17, 15) is 19.5 Å². The van der Waals surface area contributed by atoms with Crippen molar-refractivity contribution in [2.45, 2.75) is 13.8 Å². The van der Waals surface area contributed by atoms with Gasteiger partial charge in [0.1, 0.15) is 11.3 Å². The highest BCUT2D eigenvalue weighted by atomic mass is 16.5. The van der Waals surface area contributed by atoms with Crippen LogP contribution in [0, 0.1) is 0 Å². The molecule has 0 aliphatic carbocycles. The summed E-state index contributed by atoms with van der Waals surface area (Å²) in [6, 6.07) is 13.4. The van der Waals surface area contributed by atoms with Crippen molar-refractivity contribution >= 4 is 29.0 Å². The molecule has 9 nitrogen and oxygen atoms in total. The van der Waals surface area contributed by atoms with Gasteiger partial charge in [0.15, 0.2) is 5.71 Å². The maximum Gasteiger partial charge on any atom is 0.357 e. The number of aromatic hydroxyl groups is 1. The predicted octanol–water partition coefficient (Wildman–Crippen LogP) is 2.82. The summed E-state index contributed by atoms with van der Waals surface area (Å²) in [5, 5.41) is 10.9. The fourth-order valence-corrected chi connectivity index (χ4v) is 3.52. The third-order valence-corrected chi connectivity index (χ3v) is 4.97. The van der Waals surface area contributed by atoms with Gasteiger partial charge in [0.25, 0.3) is 5.56 Å². The van der Waals surface area contributed by atoms with Gasteiger partial charge in [-0.2, -0.15) is 0 Å². The van der Waals surface area contributed by atoms with Gasteiger partial charge in [0, 0.05) is 11.1 Å². The Bertz CT molecular complexity index is 1400. The molecule has 1 aromatic heterocycles. The number of aliphatic imine (C=N–C) groups is 1. The molecular weight excluding hydrogens is 426 g/mol. The number of esters is 1. The number of H-pyrrole nitrogens is 1. The number of nitrogens with zero attached hydrogens (tertiary/aromatic N) is 2. The van der Waals surface area contributed by atoms with E-state index in [1.807, 2.05) is 6.92 Å². The Morgan fingerprint density at radius 1 is 1.09 bits per heavy atom. The number of para-hydroxylation sites is 1. The maximum atomic E-state index is 12.6. The lowest BCUT2D eigenvalue weighted by Crippen LogP contribution is -2.30. The summed E-state index contributed by atoms with van der Waals surface area (Å²) in [5.41, 5.74) is -0.0528. The minimum atomic E-state index is -0.810. The normalized spacial score (nSPS) is 13.5. The summed E-state index contributed by atoms with van der Waals surface area (Å²) < 4.78 is 11.5. The number of carbonyl (C=O) groups excluding carboxylic acids is 1. The van der Waals surface area contributed by atoms with Crippen LogP contribution in [0.5, 0.6) is 11.6 Å². The van der Waals surface area contributed by atoms with Crippen LogP contribution in [0.2, 0.25) is 0 Å². The van der Waals surface area contributed by atoms with Gasteiger partial charge in [-0.25, -0.2) is 19.1 Å². The first kappa shape index (κ1) is 21.8. The molecule has 0 amide bonds. The molecule has 0 saturated heterocycles. The van der Waals surface area contributed by atoms with E-state index >= 15 is 0 Å². The fourth-order valence-electron chi connectivity index (χ4n) is 3.52. The number of benzene rings is 2. The summed E-state index contributed by atoms with van der Waals surface area (Å²) in [7, 11) is 0. The van der Waals surface area contributed by atoms with Crippen molar-refractivity contribution in [3.05, 3.63) is 80.5 Å². The van der Waals surface area contributed by atoms with Gasteiger partial charge in [-0.1, -0.05) is 18.2 Å². The van der Waals surface area contributed by atoms with Crippen LogP contribution in [0.15, 0.2) is 63.1 Å². The van der Waals surface area contributed by atoms with Crippen molar-refractivity contribution in [2.24, 2.45) is 4.99 Å². The molecule has 0 fully saturated rings. The zero-order valence-corrected chi connectivity index (χ0v) is 18.0. The first-order valence-electron chi connectivity index (χ1n) is 10.3. The first-order valence-corrected chi connectivity index (χ1v) is 10.3. The molecule has 0 radical (unpaired) electrons. The zero-order valence-electron chi connectivity index (χ0n) is 18.0. The van der Waals surface area contributed by atoms with Gasteiger partial charge in [-0.3, -0.25) is 9.78 Å². The van der Waals surface area contributed by atoms with Crippen LogP contribution in [0.1, 0.15) is 25.0 Å². The molecule has 2 N–H and O–H groups in total. The minimum Gasteiger partial charge on any atom is -0.494 e. The van der Waals surface area contributed by atoms with Crippen LogP contribution >= 0.6 is 0 Å². The van der Waals surface area contributed by atoms with E-state index in [1.165, 1.54) is 6.08 Å². The monoisotopic (exact) mass is 447 g/mol. The molecule has 9 heteroatoms. The Balaban J connectivity index is 1.88. The summed E-state index contributed by atoms with van der Waals surface area (Å²) in [5.74, 6) is -0.637. The number of aromatic amines is 1. The van der Waals surface area contributed by atoms with Gasteiger partial charge in [0.2, 0.25) is 5.88 Å². The Kier molecular flexibility index (Phi) is 5.95. The van der Waals surface area contributed by atoms with Gasteiger partial charge in [0.05, 0.1) is 24.6 Å². The highest BCUT2D eigenvalue weighted by Crippen LogP contribution is 2.36. The van der Waals surface area contributed by atoms with E-state index in [0.29, 0.717) is 34.9 Å². The number of rotatable bonds is 6. The second-order valence-corrected chi connectivity index (χ2v) is 7.01. The second kappa shape index (κ2) is 8.99. The standard InChI is InChI=1S/C24H21N3O6/c1-3-32-15-11-9-14(10-12-15)27-22(29)18(21(28)26-24(27)31)13-17-16-7-5-6-8-19(16)25-20(17)23(30)33-4-2/h5-13,29H,3-4H2,1-2H3,(H,26,28,31). The van der Waals surface area contributed by atoms with Crippen LogP contribution in [0.3, 0.4) is 0 Å². The summed E-state index contributed by atoms with van der Waals surface area (Å²) in [6.45, 7) is 4.15. The largest absolute Gasteiger partial charge is 0.494 e. The summed E-state index contributed by atoms with van der Waals surface area (Å²) in [6.07, 6.45) is 1.33. The SMILES string of the molecule is CCOC(=O)C1=Nc2ccccc2C1=Cc1c(O)n(-c2ccc(OCC)cc2)c(=O)[nH]c1=O. The van der Waals surface area contributed by atoms with E-state index in [-0.39, 0.29) is 17.9 Å². The number of carbonyl (C=O) groups is 1. The maximum absolute atomic E-state index is 12.6. The molecule has 0 spiro atoms. The lowest BCUT2D eigenvalue weighted by atomic mass is 10.0. The smallest absolute Gasteiger partial charge is 0.357 e. The van der Waals surface area contributed by atoms with Crippen LogP contribution in [0.25, 0.3) is 17.3 Å². The highest BCUT2D eigenvalue weighted by molar-refractivity contribution is 6.58. The highest BCUT2D eigenvalue weighted by Gasteiger charge is 2.28. The number of nitrogens with one attached hydrogen (secondary N) is 1. The summed E-state index contributed by atoms with van der Waals surface area (Å²) >= 11 is 0. The number of hydrogen-bond acceptors (Lipinski definition) is 7. The number of aromatic nitrogens is 2. The fraction of sp³-hybridized carbons (Fsp3) is 0.167. The third-order valence-electron chi connectivity index (χ3n) is 4.97. The molecule has 0 atom stereocenters. The molecule has 168 valence electrons. The molecule has 4 rings (SSSR count). The molecule has 33 heavy (non-hydrogen) atoms. The number of hydrogen-bond donors (Lipinski definition) is 2. The molecule has 1 aliphatic rings. The molecule has 2 aromatic carbocycles. The Labute approximate surface area is 188 Å². The van der Waals surface area contributed by atoms with Crippen molar-refractivity contribution in [1.29, 1.82) is 0 Å². The number of ether oxygens (including phenoxy) is 2. The van der Waals surface area contributed by atoms with Gasteiger partial charge in [-0.15, -0.1) is 0 Å². The summed E-state index contributed by atoms with van der Waals surface area (Å²) in [4.78, 5) is 44.2. The van der Waals surface area contributed by atoms with Crippen molar-refractivity contribution in [3.63, 3.8) is 0 Å². The average molecular weight is 447 g/mol.